The fourth-order valence-corrected chi connectivity index (χ4v) is 3.36. The van der Waals surface area contributed by atoms with Crippen molar-refractivity contribution >= 4 is 23.5 Å². The van der Waals surface area contributed by atoms with E-state index in [1.54, 1.807) is 36.4 Å². The predicted octanol–water partition coefficient (Wildman–Crippen LogP) is 4.02. The lowest BCUT2D eigenvalue weighted by molar-refractivity contribution is 0.0472. The van der Waals surface area contributed by atoms with Gasteiger partial charge in [-0.25, -0.2) is 9.69 Å². The molecule has 0 saturated heterocycles. The summed E-state index contributed by atoms with van der Waals surface area (Å²) in [7, 11) is 0. The summed E-state index contributed by atoms with van der Waals surface area (Å²) in [5.74, 6) is -1.51. The summed E-state index contributed by atoms with van der Waals surface area (Å²) in [6, 6.07) is 20.2. The lowest BCUT2D eigenvalue weighted by Crippen LogP contribution is -2.29. The minimum absolute atomic E-state index is 0.00630. The largest absolute Gasteiger partial charge is 0.457 e. The van der Waals surface area contributed by atoms with Gasteiger partial charge in [0.15, 0.2) is 0 Å². The Bertz CT molecular complexity index is 1240. The molecular formula is C24H16N2O4. The second kappa shape index (κ2) is 7.64. The molecule has 6 nitrogen and oxygen atoms in total. The Labute approximate surface area is 172 Å². The number of hydrogen-bond acceptors (Lipinski definition) is 5. The first-order chi connectivity index (χ1) is 14.5. The number of anilines is 1. The van der Waals surface area contributed by atoms with Gasteiger partial charge >= 0.3 is 5.97 Å². The van der Waals surface area contributed by atoms with Crippen LogP contribution in [0.1, 0.15) is 47.8 Å². The van der Waals surface area contributed by atoms with Crippen LogP contribution in [0.3, 0.4) is 0 Å². The fourth-order valence-electron chi connectivity index (χ4n) is 3.36. The van der Waals surface area contributed by atoms with E-state index in [2.05, 4.69) is 0 Å². The Hall–Kier alpha value is -4.24. The van der Waals surface area contributed by atoms with Gasteiger partial charge in [-0.1, -0.05) is 30.3 Å². The molecule has 1 aliphatic heterocycles. The van der Waals surface area contributed by atoms with Crippen molar-refractivity contribution in [2.24, 2.45) is 0 Å². The van der Waals surface area contributed by atoms with Crippen LogP contribution in [0.25, 0.3) is 0 Å². The number of ether oxygens (including phenoxy) is 1. The van der Waals surface area contributed by atoms with Crippen molar-refractivity contribution in [1.82, 2.24) is 0 Å². The number of carbonyl (C=O) groups excluding carboxylic acids is 3. The maximum Gasteiger partial charge on any atom is 0.338 e. The molecule has 1 heterocycles. The van der Waals surface area contributed by atoms with E-state index in [9.17, 15) is 14.4 Å². The van der Waals surface area contributed by atoms with E-state index in [0.717, 1.165) is 10.5 Å². The van der Waals surface area contributed by atoms with Crippen LogP contribution in [-0.2, 0) is 11.3 Å². The third-order valence-electron chi connectivity index (χ3n) is 4.90. The normalized spacial score (nSPS) is 12.5. The van der Waals surface area contributed by atoms with Crippen LogP contribution < -0.4 is 4.90 Å². The number of para-hydroxylation sites is 1. The zero-order chi connectivity index (χ0) is 21.3. The molecule has 0 aromatic heterocycles. The topological polar surface area (TPSA) is 87.5 Å². The molecule has 2 amide bonds. The average Bonchev–Trinajstić information content (AvgIpc) is 3.02. The molecule has 0 atom stereocenters. The van der Waals surface area contributed by atoms with Gasteiger partial charge in [-0.3, -0.25) is 9.59 Å². The van der Waals surface area contributed by atoms with Crippen LogP contribution in [0.5, 0.6) is 0 Å². The second-order valence-corrected chi connectivity index (χ2v) is 6.88. The van der Waals surface area contributed by atoms with E-state index in [1.807, 2.05) is 25.1 Å². The molecule has 0 saturated carbocycles. The summed E-state index contributed by atoms with van der Waals surface area (Å²) in [6.45, 7) is 1.82. The standard InChI is InChI=1S/C24H16N2O4/c1-15-5-2-3-8-21(15)26-22(27)19-10-9-18(12-20(19)23(26)28)24(29)30-14-17-7-4-6-16(11-17)13-25/h2-12H,14H2,1H3. The summed E-state index contributed by atoms with van der Waals surface area (Å²) in [4.78, 5) is 39.3. The Morgan fingerprint density at radius 1 is 0.967 bits per heavy atom. The van der Waals surface area contributed by atoms with Crippen LogP contribution >= 0.6 is 0 Å². The number of nitriles is 1. The van der Waals surface area contributed by atoms with Gasteiger partial charge in [-0.15, -0.1) is 0 Å². The quantitative estimate of drug-likeness (QED) is 0.491. The summed E-state index contributed by atoms with van der Waals surface area (Å²) < 4.78 is 5.31. The first kappa shape index (κ1) is 19.1. The molecule has 0 radical (unpaired) electrons. The van der Waals surface area contributed by atoms with Gasteiger partial charge in [0.2, 0.25) is 0 Å². The molecule has 3 aromatic carbocycles. The second-order valence-electron chi connectivity index (χ2n) is 6.88. The lowest BCUT2D eigenvalue weighted by Gasteiger charge is -2.16. The van der Waals surface area contributed by atoms with E-state index in [4.69, 9.17) is 10.00 Å². The summed E-state index contributed by atoms with van der Waals surface area (Å²) in [6.07, 6.45) is 0. The van der Waals surface area contributed by atoms with Gasteiger partial charge in [0.05, 0.1) is 34.0 Å². The van der Waals surface area contributed by atoms with Crippen LogP contribution in [0, 0.1) is 18.3 Å². The predicted molar refractivity (Wildman–Crippen MR) is 109 cm³/mol. The third kappa shape index (κ3) is 3.33. The highest BCUT2D eigenvalue weighted by Gasteiger charge is 2.37. The van der Waals surface area contributed by atoms with Crippen molar-refractivity contribution in [2.75, 3.05) is 4.90 Å². The van der Waals surface area contributed by atoms with Crippen LogP contribution in [0.2, 0.25) is 0 Å². The van der Waals surface area contributed by atoms with Crippen LogP contribution in [0.4, 0.5) is 5.69 Å². The smallest absolute Gasteiger partial charge is 0.338 e. The number of aryl methyl sites for hydroxylation is 1. The zero-order valence-electron chi connectivity index (χ0n) is 16.1. The van der Waals surface area contributed by atoms with E-state index < -0.39 is 17.8 Å². The van der Waals surface area contributed by atoms with E-state index in [1.165, 1.54) is 18.2 Å². The van der Waals surface area contributed by atoms with Crippen molar-refractivity contribution < 1.29 is 19.1 Å². The maximum absolute atomic E-state index is 12.9. The number of nitrogens with zero attached hydrogens (tertiary/aromatic N) is 2. The first-order valence-corrected chi connectivity index (χ1v) is 9.24. The SMILES string of the molecule is Cc1ccccc1N1C(=O)c2ccc(C(=O)OCc3cccc(C#N)c3)cc2C1=O. The molecule has 0 N–H and O–H groups in total. The van der Waals surface area contributed by atoms with E-state index >= 15 is 0 Å². The number of carbonyl (C=O) groups is 3. The van der Waals surface area contributed by atoms with E-state index in [0.29, 0.717) is 16.8 Å². The summed E-state index contributed by atoms with van der Waals surface area (Å²) in [5.41, 5.74) is 3.07. The Kier molecular flexibility index (Phi) is 4.87. The van der Waals surface area contributed by atoms with Crippen LogP contribution in [0.15, 0.2) is 66.7 Å². The van der Waals surface area contributed by atoms with Gasteiger partial charge < -0.3 is 4.74 Å². The highest BCUT2D eigenvalue weighted by Crippen LogP contribution is 2.31. The molecule has 146 valence electrons. The fraction of sp³-hybridized carbons (Fsp3) is 0.0833. The molecule has 6 heteroatoms. The highest BCUT2D eigenvalue weighted by molar-refractivity contribution is 6.34. The average molecular weight is 396 g/mol. The van der Waals surface area contributed by atoms with Crippen LogP contribution in [-0.4, -0.2) is 17.8 Å². The number of benzene rings is 3. The van der Waals surface area contributed by atoms with Gasteiger partial charge in [0, 0.05) is 0 Å². The zero-order valence-corrected chi connectivity index (χ0v) is 16.1. The van der Waals surface area contributed by atoms with E-state index in [-0.39, 0.29) is 23.3 Å². The molecule has 4 rings (SSSR count). The Morgan fingerprint density at radius 2 is 1.73 bits per heavy atom. The lowest BCUT2D eigenvalue weighted by atomic mass is 10.1. The molecular weight excluding hydrogens is 380 g/mol. The van der Waals surface area contributed by atoms with Gasteiger partial charge in [-0.2, -0.15) is 5.26 Å². The third-order valence-corrected chi connectivity index (χ3v) is 4.90. The van der Waals surface area contributed by atoms with Crippen molar-refractivity contribution in [1.29, 1.82) is 5.26 Å². The van der Waals surface area contributed by atoms with Gasteiger partial charge in [0.25, 0.3) is 11.8 Å². The van der Waals surface area contributed by atoms with Crippen molar-refractivity contribution in [3.05, 3.63) is 100 Å². The molecule has 1 aliphatic rings. The molecule has 0 spiro atoms. The molecule has 0 bridgehead atoms. The number of esters is 1. The minimum Gasteiger partial charge on any atom is -0.457 e. The monoisotopic (exact) mass is 396 g/mol. The summed E-state index contributed by atoms with van der Waals surface area (Å²) in [5, 5.41) is 8.95. The summed E-state index contributed by atoms with van der Waals surface area (Å²) >= 11 is 0. The number of rotatable bonds is 4. The highest BCUT2D eigenvalue weighted by atomic mass is 16.5. The van der Waals surface area contributed by atoms with Crippen molar-refractivity contribution in [2.45, 2.75) is 13.5 Å². The van der Waals surface area contributed by atoms with Crippen molar-refractivity contribution in [3.8, 4) is 6.07 Å². The molecule has 30 heavy (non-hydrogen) atoms. The molecule has 0 aliphatic carbocycles. The first-order valence-electron chi connectivity index (χ1n) is 9.24. The molecule has 0 unspecified atom stereocenters. The van der Waals surface area contributed by atoms with Crippen molar-refractivity contribution in [3.63, 3.8) is 0 Å². The maximum atomic E-state index is 12.9. The van der Waals surface area contributed by atoms with Gasteiger partial charge in [0.1, 0.15) is 6.61 Å². The molecule has 0 fully saturated rings. The minimum atomic E-state index is -0.616. The number of imide groups is 1. The number of hydrogen-bond donors (Lipinski definition) is 0. The Morgan fingerprint density at radius 3 is 2.50 bits per heavy atom. The number of fused-ring (bicyclic) bond motifs is 1. The number of amides is 2. The molecule has 3 aromatic rings. The Balaban J connectivity index is 1.56. The van der Waals surface area contributed by atoms with Gasteiger partial charge in [-0.05, 0) is 54.4 Å².